The van der Waals surface area contributed by atoms with Crippen LogP contribution in [-0.2, 0) is 3.74 Å². The molecule has 6 nitrogen and oxygen atoms in total. The number of amides is 2. The monoisotopic (exact) mass is 262 g/mol. The van der Waals surface area contributed by atoms with Gasteiger partial charge in [-0.2, -0.15) is 0 Å². The van der Waals surface area contributed by atoms with Crippen LogP contribution in [0.4, 0.5) is 10.5 Å². The molecule has 0 bridgehead atoms. The summed E-state index contributed by atoms with van der Waals surface area (Å²) in [6.07, 6.45) is 0. The molecule has 0 spiro atoms. The Bertz CT molecular complexity index is 300. The number of carbonyl (C=O) groups is 1. The van der Waals surface area contributed by atoms with Crippen molar-refractivity contribution >= 4 is 27.0 Å². The molecule has 0 atom stereocenters. The molecule has 0 saturated carbocycles. The van der Waals surface area contributed by atoms with Gasteiger partial charge in [0.25, 0.3) is 0 Å². The summed E-state index contributed by atoms with van der Waals surface area (Å²) in [6, 6.07) is 8.52. The standard InChI is InChI=1S/C7H8N2O.AsH3O3/c8-7(10)9-6-4-2-1-3-5-6;2-1(3)4/h1-5H,(H3,8,9,10);1H,(H2,2,3,4). The number of carbonyl (C=O) groups excluding carboxylic acids is 1. The predicted molar refractivity (Wildman–Crippen MR) is 51.9 cm³/mol. The van der Waals surface area contributed by atoms with E-state index in [9.17, 15) is 4.79 Å². The van der Waals surface area contributed by atoms with Crippen LogP contribution in [0.25, 0.3) is 0 Å². The summed E-state index contributed by atoms with van der Waals surface area (Å²) in [5.74, 6) is 0. The molecular weight excluding hydrogens is 251 g/mol. The number of para-hydroxylation sites is 1. The Morgan fingerprint density at radius 1 is 1.29 bits per heavy atom. The van der Waals surface area contributed by atoms with Gasteiger partial charge >= 0.3 is 33.2 Å². The molecule has 0 saturated heterocycles. The summed E-state index contributed by atoms with van der Waals surface area (Å²) < 4.78 is 23.2. The minimum atomic E-state index is -3.58. The fraction of sp³-hybridized carbons (Fsp3) is 0. The van der Waals surface area contributed by atoms with Crippen molar-refractivity contribution in [1.29, 1.82) is 0 Å². The van der Waals surface area contributed by atoms with Gasteiger partial charge in [0.15, 0.2) is 0 Å². The fourth-order valence-corrected chi connectivity index (χ4v) is 0.664. The van der Waals surface area contributed by atoms with Crippen molar-refractivity contribution in [2.24, 2.45) is 5.73 Å². The second-order valence-electron chi connectivity index (χ2n) is 2.14. The number of nitrogens with one attached hydrogen (secondary N) is 1. The summed E-state index contributed by atoms with van der Waals surface area (Å²) in [4.78, 5) is 10.3. The second-order valence-corrected chi connectivity index (χ2v) is 3.32. The molecule has 7 heteroatoms. The summed E-state index contributed by atoms with van der Waals surface area (Å²) in [6.45, 7) is 0. The number of hydrogen-bond acceptors (Lipinski definition) is 2. The Kier molecular flexibility index (Phi) is 6.57. The van der Waals surface area contributed by atoms with Gasteiger partial charge in [0.05, 0.1) is 0 Å². The number of urea groups is 1. The van der Waals surface area contributed by atoms with E-state index < -0.39 is 21.3 Å². The van der Waals surface area contributed by atoms with Crippen molar-refractivity contribution in [3.05, 3.63) is 30.3 Å². The van der Waals surface area contributed by atoms with Gasteiger partial charge in [0.1, 0.15) is 0 Å². The molecule has 5 N–H and O–H groups in total. The number of nitrogens with two attached hydrogens (primary N) is 1. The first-order valence-electron chi connectivity index (χ1n) is 3.55. The van der Waals surface area contributed by atoms with E-state index in [0.29, 0.717) is 0 Å². The van der Waals surface area contributed by atoms with Crippen molar-refractivity contribution in [2.75, 3.05) is 5.32 Å². The third kappa shape index (κ3) is 8.86. The van der Waals surface area contributed by atoms with Crippen LogP contribution in [-0.4, -0.2) is 29.5 Å². The van der Waals surface area contributed by atoms with Crippen LogP contribution >= 0.6 is 0 Å². The molecule has 0 aliphatic rings. The number of rotatable bonds is 1. The molecule has 0 heterocycles. The zero-order valence-electron chi connectivity index (χ0n) is 7.18. The zero-order valence-corrected chi connectivity index (χ0v) is 9.27. The Morgan fingerprint density at radius 2 is 1.71 bits per heavy atom. The normalized spacial score (nSPS) is 8.79. The fourth-order valence-electron chi connectivity index (χ4n) is 0.664. The van der Waals surface area contributed by atoms with Gasteiger partial charge in [-0.1, -0.05) is 18.2 Å². The van der Waals surface area contributed by atoms with E-state index in [-0.39, 0.29) is 0 Å². The first-order valence-corrected chi connectivity index (χ1v) is 6.29. The van der Waals surface area contributed by atoms with Crippen LogP contribution < -0.4 is 11.1 Å². The molecule has 0 fully saturated rings. The third-order valence-corrected chi connectivity index (χ3v) is 1.04. The first-order chi connectivity index (χ1) is 6.52. The van der Waals surface area contributed by atoms with Crippen molar-refractivity contribution in [1.82, 2.24) is 0 Å². The van der Waals surface area contributed by atoms with E-state index in [1.807, 2.05) is 18.2 Å². The van der Waals surface area contributed by atoms with Gasteiger partial charge in [0, 0.05) is 5.69 Å². The molecule has 1 aromatic rings. The van der Waals surface area contributed by atoms with E-state index >= 15 is 0 Å². The second kappa shape index (κ2) is 7.20. The van der Waals surface area contributed by atoms with E-state index in [1.165, 1.54) is 0 Å². The molecule has 1 aromatic carbocycles. The Hall–Kier alpha value is -1.23. The number of primary amides is 1. The van der Waals surface area contributed by atoms with Crippen LogP contribution in [0, 0.1) is 0 Å². The molecule has 0 aliphatic carbocycles. The van der Waals surface area contributed by atoms with Gasteiger partial charge in [-0.15, -0.1) is 0 Å². The third-order valence-electron chi connectivity index (χ3n) is 1.04. The van der Waals surface area contributed by atoms with Gasteiger partial charge in [-0.25, -0.2) is 4.79 Å². The van der Waals surface area contributed by atoms with Crippen molar-refractivity contribution in [3.8, 4) is 0 Å². The molecule has 2 amide bonds. The minimum absolute atomic E-state index is 0.536. The molecule has 78 valence electrons. The van der Waals surface area contributed by atoms with Crippen molar-refractivity contribution in [3.63, 3.8) is 0 Å². The molecule has 0 aromatic heterocycles. The van der Waals surface area contributed by atoms with Crippen molar-refractivity contribution < 1.29 is 16.7 Å². The molecule has 0 radical (unpaired) electrons. The van der Waals surface area contributed by atoms with E-state index in [4.69, 9.17) is 17.7 Å². The maximum absolute atomic E-state index is 10.3. The Balaban J connectivity index is 0.000000364. The number of benzene rings is 1. The summed E-state index contributed by atoms with van der Waals surface area (Å²) in [7, 11) is 0. The van der Waals surface area contributed by atoms with E-state index in [1.54, 1.807) is 12.1 Å². The molecule has 0 aliphatic heterocycles. The SMILES string of the molecule is NC(=O)Nc1ccccc1.O=[AsH](O)O. The van der Waals surface area contributed by atoms with E-state index in [0.717, 1.165) is 5.69 Å². The maximum atomic E-state index is 10.3. The number of anilines is 1. The Morgan fingerprint density at radius 3 is 2.07 bits per heavy atom. The van der Waals surface area contributed by atoms with Gasteiger partial charge in [-0.3, -0.25) is 0 Å². The zero-order chi connectivity index (χ0) is 11.0. The molecular formula is C7H11AsN2O4. The van der Waals surface area contributed by atoms with E-state index in [2.05, 4.69) is 5.32 Å². The molecule has 0 unspecified atom stereocenters. The summed E-state index contributed by atoms with van der Waals surface area (Å²) in [5.41, 5.74) is 5.59. The first kappa shape index (κ1) is 12.8. The summed E-state index contributed by atoms with van der Waals surface area (Å²) >= 11 is -3.58. The van der Waals surface area contributed by atoms with Crippen LogP contribution in [0.3, 0.4) is 0 Å². The van der Waals surface area contributed by atoms with Gasteiger partial charge < -0.3 is 11.1 Å². The average molecular weight is 262 g/mol. The average Bonchev–Trinajstić information content (AvgIpc) is 2.03. The van der Waals surface area contributed by atoms with Crippen LogP contribution in [0.2, 0.25) is 0 Å². The van der Waals surface area contributed by atoms with Crippen LogP contribution in [0.5, 0.6) is 0 Å². The van der Waals surface area contributed by atoms with Crippen molar-refractivity contribution in [2.45, 2.75) is 0 Å². The molecule has 1 rings (SSSR count). The van der Waals surface area contributed by atoms with Gasteiger partial charge in [0.2, 0.25) is 0 Å². The molecule has 14 heavy (non-hydrogen) atoms. The summed E-state index contributed by atoms with van der Waals surface area (Å²) in [5, 5.41) is 2.44. The predicted octanol–water partition coefficient (Wildman–Crippen LogP) is -0.704. The van der Waals surface area contributed by atoms with Crippen LogP contribution in [0.1, 0.15) is 0 Å². The number of hydrogen-bond donors (Lipinski definition) is 4. The quantitative estimate of drug-likeness (QED) is 0.501. The van der Waals surface area contributed by atoms with Gasteiger partial charge in [-0.05, 0) is 12.1 Å². The Labute approximate surface area is 85.5 Å². The van der Waals surface area contributed by atoms with Crippen LogP contribution in [0.15, 0.2) is 30.3 Å². The topological polar surface area (TPSA) is 113 Å².